The summed E-state index contributed by atoms with van der Waals surface area (Å²) in [5, 5.41) is 4.40. The van der Waals surface area contributed by atoms with Gasteiger partial charge in [0.2, 0.25) is 5.91 Å². The second kappa shape index (κ2) is 5.51. The summed E-state index contributed by atoms with van der Waals surface area (Å²) in [4.78, 5) is 23.7. The predicted molar refractivity (Wildman–Crippen MR) is 68.8 cm³/mol. The van der Waals surface area contributed by atoms with Gasteiger partial charge in [-0.25, -0.2) is 4.79 Å². The first-order valence-corrected chi connectivity index (χ1v) is 6.37. The van der Waals surface area contributed by atoms with Crippen LogP contribution in [0.1, 0.15) is 23.5 Å². The zero-order valence-electron chi connectivity index (χ0n) is 9.87. The number of rotatable bonds is 4. The highest BCUT2D eigenvalue weighted by Gasteiger charge is 2.28. The van der Waals surface area contributed by atoms with Crippen LogP contribution < -0.4 is 5.32 Å². The number of hydrogen-bond acceptors (Lipinski definition) is 4. The number of nitrogens with one attached hydrogen (secondary N) is 1. The third-order valence-electron chi connectivity index (χ3n) is 2.23. The summed E-state index contributed by atoms with van der Waals surface area (Å²) in [6, 6.07) is 1.67. The molecule has 0 unspecified atom stereocenters. The lowest BCUT2D eigenvalue weighted by Gasteiger charge is -2.20. The highest BCUT2D eigenvalue weighted by Crippen LogP contribution is 2.26. The van der Waals surface area contributed by atoms with E-state index in [1.165, 1.54) is 18.4 Å². The molecule has 1 amide bonds. The molecule has 1 rings (SSSR count). The number of amides is 1. The van der Waals surface area contributed by atoms with E-state index < -0.39 is 11.4 Å². The van der Waals surface area contributed by atoms with Crippen LogP contribution in [0, 0.1) is 5.41 Å². The minimum Gasteiger partial charge on any atom is -0.465 e. The molecule has 17 heavy (non-hydrogen) atoms. The van der Waals surface area contributed by atoms with Crippen LogP contribution in [-0.2, 0) is 9.53 Å². The highest BCUT2D eigenvalue weighted by molar-refractivity contribution is 7.12. The van der Waals surface area contributed by atoms with Crippen LogP contribution in [0.25, 0.3) is 0 Å². The van der Waals surface area contributed by atoms with Crippen molar-refractivity contribution in [2.75, 3.05) is 18.3 Å². The molecule has 0 aromatic carbocycles. The summed E-state index contributed by atoms with van der Waals surface area (Å²) >= 11 is 6.93. The lowest BCUT2D eigenvalue weighted by Crippen LogP contribution is -2.32. The van der Waals surface area contributed by atoms with E-state index in [-0.39, 0.29) is 11.8 Å². The highest BCUT2D eigenvalue weighted by atomic mass is 35.5. The van der Waals surface area contributed by atoms with Gasteiger partial charge in [0.05, 0.1) is 18.2 Å². The van der Waals surface area contributed by atoms with Gasteiger partial charge < -0.3 is 10.1 Å². The minimum atomic E-state index is -0.684. The molecule has 4 nitrogen and oxygen atoms in total. The quantitative estimate of drug-likeness (QED) is 0.679. The number of methoxy groups -OCH3 is 1. The Morgan fingerprint density at radius 2 is 2.18 bits per heavy atom. The summed E-state index contributed by atoms with van der Waals surface area (Å²) in [5.74, 6) is -0.480. The van der Waals surface area contributed by atoms with Gasteiger partial charge in [0, 0.05) is 5.88 Å². The van der Waals surface area contributed by atoms with Gasteiger partial charge in [-0.3, -0.25) is 4.79 Å². The standard InChI is InChI=1S/C11H14ClNO3S/c1-11(2,6-12)10(15)13-7-4-5-17-8(7)9(14)16-3/h4-5H,6H2,1-3H3,(H,13,15). The molecule has 1 aromatic rings. The Bertz CT molecular complexity index is 428. The van der Waals surface area contributed by atoms with Crippen LogP contribution in [0.5, 0.6) is 0 Å². The molecule has 6 heteroatoms. The largest absolute Gasteiger partial charge is 0.465 e. The van der Waals surface area contributed by atoms with Crippen molar-refractivity contribution in [2.24, 2.45) is 5.41 Å². The number of halogens is 1. The molecule has 0 radical (unpaired) electrons. The average molecular weight is 276 g/mol. The number of ether oxygens (including phenoxy) is 1. The summed E-state index contributed by atoms with van der Waals surface area (Å²) in [6.07, 6.45) is 0. The molecule has 0 aliphatic heterocycles. The van der Waals surface area contributed by atoms with Gasteiger partial charge in [0.15, 0.2) is 0 Å². The Labute approximate surface area is 109 Å². The first kappa shape index (κ1) is 14.0. The molecule has 0 atom stereocenters. The number of esters is 1. The fraction of sp³-hybridized carbons (Fsp3) is 0.455. The fourth-order valence-corrected chi connectivity index (χ4v) is 1.90. The molecule has 1 N–H and O–H groups in total. The van der Waals surface area contributed by atoms with Crippen molar-refractivity contribution in [1.29, 1.82) is 0 Å². The molecule has 0 saturated heterocycles. The summed E-state index contributed by atoms with van der Waals surface area (Å²) in [6.45, 7) is 3.47. The van der Waals surface area contributed by atoms with E-state index in [0.29, 0.717) is 10.6 Å². The van der Waals surface area contributed by atoms with E-state index in [2.05, 4.69) is 10.1 Å². The van der Waals surface area contributed by atoms with Gasteiger partial charge in [0.1, 0.15) is 4.88 Å². The van der Waals surface area contributed by atoms with Crippen molar-refractivity contribution in [3.63, 3.8) is 0 Å². The second-order valence-corrected chi connectivity index (χ2v) is 5.31. The minimum absolute atomic E-state index is 0.205. The van der Waals surface area contributed by atoms with Crippen molar-refractivity contribution >= 4 is 40.5 Å². The summed E-state index contributed by atoms with van der Waals surface area (Å²) < 4.78 is 4.62. The molecule has 0 fully saturated rings. The van der Waals surface area contributed by atoms with Crippen molar-refractivity contribution in [3.8, 4) is 0 Å². The van der Waals surface area contributed by atoms with E-state index in [0.717, 1.165) is 0 Å². The summed E-state index contributed by atoms with van der Waals surface area (Å²) in [7, 11) is 1.30. The van der Waals surface area contributed by atoms with Gasteiger partial charge in [-0.1, -0.05) is 0 Å². The Kier molecular flexibility index (Phi) is 4.54. The summed E-state index contributed by atoms with van der Waals surface area (Å²) in [5.41, 5.74) is -0.221. The number of carbonyl (C=O) groups is 2. The maximum absolute atomic E-state index is 11.9. The van der Waals surface area contributed by atoms with E-state index in [1.54, 1.807) is 25.3 Å². The molecule has 0 bridgehead atoms. The monoisotopic (exact) mass is 275 g/mol. The molecule has 94 valence electrons. The Hall–Kier alpha value is -1.07. The third kappa shape index (κ3) is 3.20. The zero-order chi connectivity index (χ0) is 13.1. The molecule has 1 aromatic heterocycles. The molecular weight excluding hydrogens is 262 g/mol. The number of anilines is 1. The van der Waals surface area contributed by atoms with Gasteiger partial charge in [-0.2, -0.15) is 0 Å². The van der Waals surface area contributed by atoms with E-state index in [9.17, 15) is 9.59 Å². The zero-order valence-corrected chi connectivity index (χ0v) is 11.4. The fourth-order valence-electron chi connectivity index (χ4n) is 1.01. The first-order valence-electron chi connectivity index (χ1n) is 4.95. The van der Waals surface area contributed by atoms with Gasteiger partial charge in [0.25, 0.3) is 0 Å². The molecule has 0 aliphatic carbocycles. The Morgan fingerprint density at radius 1 is 1.53 bits per heavy atom. The SMILES string of the molecule is COC(=O)c1sccc1NC(=O)C(C)(C)CCl. The topological polar surface area (TPSA) is 55.4 Å². The van der Waals surface area contributed by atoms with E-state index in [1.807, 2.05) is 0 Å². The molecule has 0 saturated carbocycles. The van der Waals surface area contributed by atoms with Gasteiger partial charge >= 0.3 is 5.97 Å². The van der Waals surface area contributed by atoms with E-state index in [4.69, 9.17) is 11.6 Å². The van der Waals surface area contributed by atoms with Crippen LogP contribution in [0.4, 0.5) is 5.69 Å². The maximum Gasteiger partial charge on any atom is 0.350 e. The Morgan fingerprint density at radius 3 is 2.71 bits per heavy atom. The van der Waals surface area contributed by atoms with E-state index >= 15 is 0 Å². The number of hydrogen-bond donors (Lipinski definition) is 1. The molecule has 0 spiro atoms. The van der Waals surface area contributed by atoms with Crippen molar-refractivity contribution < 1.29 is 14.3 Å². The molecule has 1 heterocycles. The third-order valence-corrected chi connectivity index (χ3v) is 3.80. The number of thiophene rings is 1. The van der Waals surface area contributed by atoms with Gasteiger partial charge in [-0.05, 0) is 25.3 Å². The lowest BCUT2D eigenvalue weighted by atomic mass is 9.95. The average Bonchev–Trinajstić information content (AvgIpc) is 2.76. The first-order chi connectivity index (χ1) is 7.92. The molecule has 0 aliphatic rings. The number of alkyl halides is 1. The Balaban J connectivity index is 2.86. The van der Waals surface area contributed by atoms with Gasteiger partial charge in [-0.15, -0.1) is 22.9 Å². The van der Waals surface area contributed by atoms with Crippen molar-refractivity contribution in [2.45, 2.75) is 13.8 Å². The van der Waals surface area contributed by atoms with Crippen molar-refractivity contribution in [1.82, 2.24) is 0 Å². The van der Waals surface area contributed by atoms with Crippen LogP contribution in [-0.4, -0.2) is 24.9 Å². The molecular formula is C11H14ClNO3S. The van der Waals surface area contributed by atoms with Crippen LogP contribution in [0.15, 0.2) is 11.4 Å². The predicted octanol–water partition coefficient (Wildman–Crippen LogP) is 2.74. The smallest absolute Gasteiger partial charge is 0.350 e. The lowest BCUT2D eigenvalue weighted by molar-refractivity contribution is -0.122. The second-order valence-electron chi connectivity index (χ2n) is 4.13. The maximum atomic E-state index is 11.9. The van der Waals surface area contributed by atoms with Crippen LogP contribution >= 0.6 is 22.9 Å². The van der Waals surface area contributed by atoms with Crippen LogP contribution in [0.3, 0.4) is 0 Å². The number of carbonyl (C=O) groups excluding carboxylic acids is 2. The van der Waals surface area contributed by atoms with Crippen LogP contribution in [0.2, 0.25) is 0 Å². The van der Waals surface area contributed by atoms with Crippen molar-refractivity contribution in [3.05, 3.63) is 16.3 Å². The normalized spacial score (nSPS) is 11.1.